The van der Waals surface area contributed by atoms with Crippen LogP contribution in [0.1, 0.15) is 46.4 Å². The second-order valence-electron chi connectivity index (χ2n) is 10.3. The van der Waals surface area contributed by atoms with Crippen molar-refractivity contribution in [3.8, 4) is 11.3 Å². The minimum atomic E-state index is -0.698. The number of hydrogen-bond acceptors (Lipinski definition) is 6. The van der Waals surface area contributed by atoms with E-state index in [0.717, 1.165) is 25.7 Å². The van der Waals surface area contributed by atoms with Crippen molar-refractivity contribution in [2.24, 2.45) is 11.8 Å². The first kappa shape index (κ1) is 27.1. The normalized spacial score (nSPS) is 18.4. The van der Waals surface area contributed by atoms with E-state index >= 15 is 0 Å². The van der Waals surface area contributed by atoms with Gasteiger partial charge in [-0.15, -0.1) is 0 Å². The Morgan fingerprint density at radius 1 is 0.878 bits per heavy atom. The lowest BCUT2D eigenvalue weighted by atomic mass is 9.81. The van der Waals surface area contributed by atoms with Gasteiger partial charge in [0.15, 0.2) is 12.4 Å². The minimum absolute atomic E-state index is 0.138. The molecule has 0 bridgehead atoms. The number of ketones is 1. The van der Waals surface area contributed by atoms with Crippen LogP contribution in [0.2, 0.25) is 10.0 Å². The molecule has 1 saturated carbocycles. The Morgan fingerprint density at radius 2 is 1.54 bits per heavy atom. The molecule has 1 aromatic heterocycles. The Balaban J connectivity index is 1.28. The van der Waals surface area contributed by atoms with Gasteiger partial charge < -0.3 is 4.74 Å². The van der Waals surface area contributed by atoms with Crippen LogP contribution < -0.4 is 4.90 Å². The molecule has 2 atom stereocenters. The quantitative estimate of drug-likeness (QED) is 0.138. The molecular formula is C32H24Cl2N2O5. The van der Waals surface area contributed by atoms with Crippen molar-refractivity contribution in [1.82, 2.24) is 4.98 Å². The Labute approximate surface area is 246 Å². The van der Waals surface area contributed by atoms with Gasteiger partial charge in [0, 0.05) is 21.5 Å². The minimum Gasteiger partial charge on any atom is -0.454 e. The van der Waals surface area contributed by atoms with Gasteiger partial charge in [-0.1, -0.05) is 60.3 Å². The number of hydrogen-bond donors (Lipinski definition) is 0. The van der Waals surface area contributed by atoms with Crippen LogP contribution in [0.4, 0.5) is 5.69 Å². The number of anilines is 1. The summed E-state index contributed by atoms with van der Waals surface area (Å²) in [4.78, 5) is 57.8. The van der Waals surface area contributed by atoms with E-state index in [0.29, 0.717) is 43.5 Å². The van der Waals surface area contributed by atoms with Gasteiger partial charge in [-0.25, -0.2) is 9.78 Å². The van der Waals surface area contributed by atoms with E-state index in [1.165, 1.54) is 4.90 Å². The van der Waals surface area contributed by atoms with E-state index in [1.807, 2.05) is 0 Å². The number of rotatable bonds is 6. The standard InChI is InChI=1S/C32H24Cl2N2O5/c33-20-12-8-19(9-13-20)28(37)17-41-32(40)25-16-27(35-29-22(25)6-3-7-26(29)34)18-10-14-21(15-11-18)36-30(38)23-4-1-2-5-24(23)31(36)39/h3,6-16,23-24H,1-2,4-5,17H2. The SMILES string of the molecule is O=C(COC(=O)c1cc(-c2ccc(N3C(=O)C4CCCCC4C3=O)cc2)nc2c(Cl)cccc12)c1ccc(Cl)cc1. The molecule has 2 aliphatic rings. The number of benzene rings is 3. The number of fused-ring (bicyclic) bond motifs is 2. The van der Waals surface area contributed by atoms with Crippen molar-refractivity contribution in [3.63, 3.8) is 0 Å². The molecule has 0 spiro atoms. The van der Waals surface area contributed by atoms with Crippen LogP contribution in [-0.2, 0) is 14.3 Å². The monoisotopic (exact) mass is 586 g/mol. The number of esters is 1. The van der Waals surface area contributed by atoms with Gasteiger partial charge in [0.2, 0.25) is 11.8 Å². The fourth-order valence-corrected chi connectivity index (χ4v) is 6.00. The molecule has 0 radical (unpaired) electrons. The Kier molecular flexibility index (Phi) is 7.32. The molecule has 3 aromatic carbocycles. The van der Waals surface area contributed by atoms with Crippen molar-refractivity contribution in [2.75, 3.05) is 11.5 Å². The highest BCUT2D eigenvalue weighted by Gasteiger charge is 2.48. The van der Waals surface area contributed by atoms with E-state index in [4.69, 9.17) is 27.9 Å². The summed E-state index contributed by atoms with van der Waals surface area (Å²) in [5.41, 5.74) is 2.59. The molecule has 9 heteroatoms. The third-order valence-corrected chi connectivity index (χ3v) is 8.33. The summed E-state index contributed by atoms with van der Waals surface area (Å²) in [5.74, 6) is -1.81. The lowest BCUT2D eigenvalue weighted by molar-refractivity contribution is -0.122. The first-order valence-electron chi connectivity index (χ1n) is 13.4. The molecule has 2 amide bonds. The summed E-state index contributed by atoms with van der Waals surface area (Å²) in [6.45, 7) is -0.450. The van der Waals surface area contributed by atoms with Gasteiger partial charge in [0.25, 0.3) is 0 Å². The molecule has 2 fully saturated rings. The highest BCUT2D eigenvalue weighted by atomic mass is 35.5. The third-order valence-electron chi connectivity index (χ3n) is 7.77. The van der Waals surface area contributed by atoms with Crippen LogP contribution in [0.25, 0.3) is 22.2 Å². The third kappa shape index (κ3) is 5.11. The molecule has 1 aliphatic heterocycles. The zero-order chi connectivity index (χ0) is 28.7. The molecular weight excluding hydrogens is 563 g/mol. The summed E-state index contributed by atoms with van der Waals surface area (Å²) >= 11 is 12.3. The molecule has 1 aliphatic carbocycles. The summed E-state index contributed by atoms with van der Waals surface area (Å²) in [7, 11) is 0. The average molecular weight is 587 g/mol. The Morgan fingerprint density at radius 3 is 2.20 bits per heavy atom. The number of aromatic nitrogens is 1. The predicted octanol–water partition coefficient (Wildman–Crippen LogP) is 6.93. The average Bonchev–Trinajstić information content (AvgIpc) is 3.25. The van der Waals surface area contributed by atoms with Gasteiger partial charge in [-0.05, 0) is 61.4 Å². The maximum atomic E-state index is 13.2. The van der Waals surface area contributed by atoms with Crippen molar-refractivity contribution in [2.45, 2.75) is 25.7 Å². The summed E-state index contributed by atoms with van der Waals surface area (Å²) < 4.78 is 5.40. The van der Waals surface area contributed by atoms with Gasteiger partial charge in [0.1, 0.15) is 0 Å². The summed E-state index contributed by atoms with van der Waals surface area (Å²) in [6.07, 6.45) is 3.41. The molecule has 4 aromatic rings. The first-order valence-corrected chi connectivity index (χ1v) is 14.1. The van der Waals surface area contributed by atoms with Crippen LogP contribution >= 0.6 is 23.2 Å². The highest BCUT2D eigenvalue weighted by molar-refractivity contribution is 6.35. The number of ether oxygens (including phenoxy) is 1. The number of halogens is 2. The van der Waals surface area contributed by atoms with E-state index < -0.39 is 12.6 Å². The molecule has 206 valence electrons. The van der Waals surface area contributed by atoms with Crippen molar-refractivity contribution >= 4 is 63.4 Å². The van der Waals surface area contributed by atoms with E-state index in [2.05, 4.69) is 4.98 Å². The summed E-state index contributed by atoms with van der Waals surface area (Å²) in [5, 5.41) is 1.33. The van der Waals surface area contributed by atoms with Crippen molar-refractivity contribution < 1.29 is 23.9 Å². The lowest BCUT2D eigenvalue weighted by Gasteiger charge is -2.19. The van der Waals surface area contributed by atoms with Crippen LogP contribution in [0.3, 0.4) is 0 Å². The topological polar surface area (TPSA) is 93.6 Å². The van der Waals surface area contributed by atoms with Gasteiger partial charge in [0.05, 0.1) is 39.3 Å². The van der Waals surface area contributed by atoms with Gasteiger partial charge >= 0.3 is 5.97 Å². The fourth-order valence-electron chi connectivity index (χ4n) is 5.66. The largest absolute Gasteiger partial charge is 0.454 e. The maximum Gasteiger partial charge on any atom is 0.339 e. The number of pyridine rings is 1. The van der Waals surface area contributed by atoms with Crippen molar-refractivity contribution in [1.29, 1.82) is 0 Å². The predicted molar refractivity (Wildman–Crippen MR) is 156 cm³/mol. The van der Waals surface area contributed by atoms with Crippen LogP contribution in [0, 0.1) is 11.8 Å². The molecule has 41 heavy (non-hydrogen) atoms. The smallest absolute Gasteiger partial charge is 0.339 e. The number of amides is 2. The lowest BCUT2D eigenvalue weighted by Crippen LogP contribution is -2.30. The molecule has 0 N–H and O–H groups in total. The number of para-hydroxylation sites is 1. The van der Waals surface area contributed by atoms with E-state index in [9.17, 15) is 19.2 Å². The number of imide groups is 1. The van der Waals surface area contributed by atoms with Crippen molar-refractivity contribution in [3.05, 3.63) is 94.0 Å². The zero-order valence-electron chi connectivity index (χ0n) is 21.8. The molecule has 6 rings (SSSR count). The van der Waals surface area contributed by atoms with E-state index in [1.54, 1.807) is 72.8 Å². The molecule has 2 heterocycles. The number of carbonyl (C=O) groups excluding carboxylic acids is 4. The molecule has 1 saturated heterocycles. The van der Waals surface area contributed by atoms with Crippen LogP contribution in [0.15, 0.2) is 72.8 Å². The molecule has 2 unspecified atom stereocenters. The fraction of sp³-hybridized carbons (Fsp3) is 0.219. The zero-order valence-corrected chi connectivity index (χ0v) is 23.3. The van der Waals surface area contributed by atoms with Crippen LogP contribution in [0.5, 0.6) is 0 Å². The number of carbonyl (C=O) groups is 4. The van der Waals surface area contributed by atoms with Gasteiger partial charge in [-0.2, -0.15) is 0 Å². The maximum absolute atomic E-state index is 13.2. The highest BCUT2D eigenvalue weighted by Crippen LogP contribution is 2.40. The Hall–Kier alpha value is -4.07. The number of Topliss-reactive ketones (excluding diaryl/α,β-unsaturated/α-hetero) is 1. The summed E-state index contributed by atoms with van der Waals surface area (Å²) in [6, 6.07) is 19.9. The van der Waals surface area contributed by atoms with E-state index in [-0.39, 0.29) is 35.0 Å². The number of nitrogens with zero attached hydrogens (tertiary/aromatic N) is 2. The second kappa shape index (κ2) is 11.1. The second-order valence-corrected chi connectivity index (χ2v) is 11.1. The van der Waals surface area contributed by atoms with Crippen LogP contribution in [-0.4, -0.2) is 35.2 Å². The van der Waals surface area contributed by atoms with Gasteiger partial charge in [-0.3, -0.25) is 19.3 Å². The Bertz CT molecular complexity index is 1680. The molecule has 7 nitrogen and oxygen atoms in total. The first-order chi connectivity index (χ1) is 19.8.